The SMILES string of the molecule is CCNC1CC2CCCC(C1)N2CCC(C)S(C)=O. The highest BCUT2D eigenvalue weighted by atomic mass is 32.2. The van der Waals surface area contributed by atoms with Crippen LogP contribution in [0.4, 0.5) is 0 Å². The summed E-state index contributed by atoms with van der Waals surface area (Å²) < 4.78 is 11.5. The van der Waals surface area contributed by atoms with Crippen molar-refractivity contribution >= 4 is 10.8 Å². The highest BCUT2D eigenvalue weighted by Gasteiger charge is 2.37. The summed E-state index contributed by atoms with van der Waals surface area (Å²) in [6.45, 7) is 6.57. The van der Waals surface area contributed by atoms with Crippen LogP contribution in [-0.4, -0.2) is 51.8 Å². The van der Waals surface area contributed by atoms with Crippen molar-refractivity contribution < 1.29 is 4.21 Å². The first-order chi connectivity index (χ1) is 9.11. The largest absolute Gasteiger partial charge is 0.314 e. The zero-order valence-electron chi connectivity index (χ0n) is 12.7. The molecule has 0 aromatic carbocycles. The van der Waals surface area contributed by atoms with Gasteiger partial charge in [-0.25, -0.2) is 0 Å². The maximum Gasteiger partial charge on any atom is 0.0329 e. The van der Waals surface area contributed by atoms with Crippen LogP contribution < -0.4 is 5.32 Å². The number of nitrogens with zero attached hydrogens (tertiary/aromatic N) is 1. The van der Waals surface area contributed by atoms with Gasteiger partial charge in [-0.05, 0) is 45.2 Å². The summed E-state index contributed by atoms with van der Waals surface area (Å²) in [5.41, 5.74) is 0. The van der Waals surface area contributed by atoms with Gasteiger partial charge in [0.05, 0.1) is 0 Å². The summed E-state index contributed by atoms with van der Waals surface area (Å²) in [7, 11) is -0.670. The van der Waals surface area contributed by atoms with Crippen LogP contribution in [0.3, 0.4) is 0 Å². The molecule has 4 heteroatoms. The molecule has 0 spiro atoms. The number of rotatable bonds is 6. The van der Waals surface area contributed by atoms with Gasteiger partial charge in [-0.3, -0.25) is 9.11 Å². The predicted octanol–water partition coefficient (Wildman–Crippen LogP) is 2.14. The lowest BCUT2D eigenvalue weighted by atomic mass is 9.81. The standard InChI is InChI=1S/C15H30N2OS/c1-4-16-13-10-14-6-5-7-15(11-13)17(14)9-8-12(2)19(3)18/h12-16H,4-11H2,1-3H3. The van der Waals surface area contributed by atoms with Crippen molar-refractivity contribution in [1.29, 1.82) is 0 Å². The molecule has 1 N–H and O–H groups in total. The average molecular weight is 286 g/mol. The van der Waals surface area contributed by atoms with Crippen LogP contribution in [0.5, 0.6) is 0 Å². The number of piperidine rings is 2. The van der Waals surface area contributed by atoms with E-state index in [2.05, 4.69) is 24.1 Å². The van der Waals surface area contributed by atoms with Gasteiger partial charge in [0.25, 0.3) is 0 Å². The fourth-order valence-electron chi connectivity index (χ4n) is 3.80. The van der Waals surface area contributed by atoms with E-state index < -0.39 is 10.8 Å². The van der Waals surface area contributed by atoms with Gasteiger partial charge in [0.2, 0.25) is 0 Å². The van der Waals surface area contributed by atoms with E-state index in [0.29, 0.717) is 5.25 Å². The van der Waals surface area contributed by atoms with Gasteiger partial charge in [0.15, 0.2) is 0 Å². The lowest BCUT2D eigenvalue weighted by molar-refractivity contribution is 0.0242. The quantitative estimate of drug-likeness (QED) is 0.812. The molecule has 2 aliphatic heterocycles. The predicted molar refractivity (Wildman–Crippen MR) is 83.0 cm³/mol. The van der Waals surface area contributed by atoms with Crippen LogP contribution >= 0.6 is 0 Å². The molecular formula is C15H30N2OS. The molecule has 4 unspecified atom stereocenters. The molecule has 3 nitrogen and oxygen atoms in total. The third-order valence-corrected chi connectivity index (χ3v) is 6.35. The van der Waals surface area contributed by atoms with E-state index in [9.17, 15) is 4.21 Å². The minimum atomic E-state index is -0.670. The van der Waals surface area contributed by atoms with Crippen molar-refractivity contribution in [2.45, 2.75) is 75.7 Å². The Kier molecular flexibility index (Phi) is 5.85. The molecule has 19 heavy (non-hydrogen) atoms. The second kappa shape index (κ2) is 7.19. The van der Waals surface area contributed by atoms with Gasteiger partial charge in [0.1, 0.15) is 0 Å². The van der Waals surface area contributed by atoms with Crippen molar-refractivity contribution in [3.05, 3.63) is 0 Å². The maximum atomic E-state index is 11.5. The fraction of sp³-hybridized carbons (Fsp3) is 1.00. The van der Waals surface area contributed by atoms with Gasteiger partial charge < -0.3 is 5.32 Å². The van der Waals surface area contributed by atoms with Crippen LogP contribution in [0.1, 0.15) is 52.4 Å². The first-order valence-electron chi connectivity index (χ1n) is 7.93. The van der Waals surface area contributed by atoms with Gasteiger partial charge in [0, 0.05) is 40.4 Å². The lowest BCUT2D eigenvalue weighted by Crippen LogP contribution is -2.56. The summed E-state index contributed by atoms with van der Waals surface area (Å²) in [5.74, 6) is 0. The number of hydrogen-bond donors (Lipinski definition) is 1. The third kappa shape index (κ3) is 4.02. The van der Waals surface area contributed by atoms with Crippen molar-refractivity contribution in [2.75, 3.05) is 19.3 Å². The average Bonchev–Trinajstić information content (AvgIpc) is 2.35. The molecule has 0 amide bonds. The molecule has 2 fully saturated rings. The maximum absolute atomic E-state index is 11.5. The van der Waals surface area contributed by atoms with E-state index in [0.717, 1.165) is 37.6 Å². The van der Waals surface area contributed by atoms with Crippen molar-refractivity contribution in [3.63, 3.8) is 0 Å². The van der Waals surface area contributed by atoms with Crippen molar-refractivity contribution in [3.8, 4) is 0 Å². The molecule has 2 saturated heterocycles. The van der Waals surface area contributed by atoms with Crippen LogP contribution in [0.15, 0.2) is 0 Å². The van der Waals surface area contributed by atoms with E-state index in [1.165, 1.54) is 32.1 Å². The van der Waals surface area contributed by atoms with Crippen LogP contribution in [-0.2, 0) is 10.8 Å². The van der Waals surface area contributed by atoms with Crippen molar-refractivity contribution in [1.82, 2.24) is 10.2 Å². The Hall–Kier alpha value is 0.0700. The van der Waals surface area contributed by atoms with E-state index in [-0.39, 0.29) is 0 Å². The summed E-state index contributed by atoms with van der Waals surface area (Å²) in [6, 6.07) is 2.28. The second-order valence-electron chi connectivity index (χ2n) is 6.30. The normalized spacial score (nSPS) is 35.0. The molecule has 0 saturated carbocycles. The molecule has 2 bridgehead atoms. The Morgan fingerprint density at radius 2 is 1.95 bits per heavy atom. The summed E-state index contributed by atoms with van der Waals surface area (Å²) >= 11 is 0. The second-order valence-corrected chi connectivity index (χ2v) is 8.10. The summed E-state index contributed by atoms with van der Waals surface area (Å²) in [4.78, 5) is 2.74. The molecule has 112 valence electrons. The third-order valence-electron chi connectivity index (χ3n) is 4.98. The number of nitrogens with one attached hydrogen (secondary N) is 1. The van der Waals surface area contributed by atoms with Crippen LogP contribution in [0.25, 0.3) is 0 Å². The first kappa shape index (κ1) is 15.5. The van der Waals surface area contributed by atoms with E-state index in [4.69, 9.17) is 0 Å². The van der Waals surface area contributed by atoms with Crippen LogP contribution in [0.2, 0.25) is 0 Å². The van der Waals surface area contributed by atoms with Crippen LogP contribution in [0, 0.1) is 0 Å². The molecular weight excluding hydrogens is 256 g/mol. The van der Waals surface area contributed by atoms with Gasteiger partial charge in [-0.2, -0.15) is 0 Å². The molecule has 0 aromatic heterocycles. The molecule has 2 rings (SSSR count). The minimum Gasteiger partial charge on any atom is -0.314 e. The monoisotopic (exact) mass is 286 g/mol. The minimum absolute atomic E-state index is 0.340. The lowest BCUT2D eigenvalue weighted by Gasteiger charge is -2.49. The molecule has 0 aromatic rings. The number of fused-ring (bicyclic) bond motifs is 2. The Morgan fingerprint density at radius 1 is 1.32 bits per heavy atom. The molecule has 0 radical (unpaired) electrons. The van der Waals surface area contributed by atoms with E-state index >= 15 is 0 Å². The van der Waals surface area contributed by atoms with Gasteiger partial charge in [-0.15, -0.1) is 0 Å². The molecule has 2 heterocycles. The fourth-order valence-corrected chi connectivity index (χ4v) is 4.23. The summed E-state index contributed by atoms with van der Waals surface area (Å²) in [5, 5.41) is 3.98. The Bertz CT molecular complexity index is 297. The van der Waals surface area contributed by atoms with E-state index in [1.54, 1.807) is 0 Å². The molecule has 4 atom stereocenters. The Labute approximate surface area is 121 Å². The topological polar surface area (TPSA) is 32.3 Å². The Balaban J connectivity index is 1.89. The molecule has 0 aliphatic carbocycles. The van der Waals surface area contributed by atoms with Crippen molar-refractivity contribution in [2.24, 2.45) is 0 Å². The zero-order chi connectivity index (χ0) is 13.8. The smallest absolute Gasteiger partial charge is 0.0329 e. The highest BCUT2D eigenvalue weighted by Crippen LogP contribution is 2.34. The van der Waals surface area contributed by atoms with Gasteiger partial charge in [-0.1, -0.05) is 20.3 Å². The zero-order valence-corrected chi connectivity index (χ0v) is 13.5. The Morgan fingerprint density at radius 3 is 2.47 bits per heavy atom. The van der Waals surface area contributed by atoms with E-state index in [1.807, 2.05) is 6.26 Å². The molecule has 2 aliphatic rings. The van der Waals surface area contributed by atoms with Gasteiger partial charge >= 0.3 is 0 Å². The summed E-state index contributed by atoms with van der Waals surface area (Å²) in [6.07, 6.45) is 9.68. The number of hydrogen-bond acceptors (Lipinski definition) is 3. The first-order valence-corrected chi connectivity index (χ1v) is 9.55. The highest BCUT2D eigenvalue weighted by molar-refractivity contribution is 7.84.